The summed E-state index contributed by atoms with van der Waals surface area (Å²) in [6.45, 7) is 1.13. The zero-order valence-corrected chi connectivity index (χ0v) is 7.05. The Bertz CT molecular complexity index is 178. The van der Waals surface area contributed by atoms with Gasteiger partial charge in [0.15, 0.2) is 0 Å². The molecule has 2 unspecified atom stereocenters. The Morgan fingerprint density at radius 3 is 3.00 bits per heavy atom. The SMILES string of the molecule is CN1CCC2C(=O)CCCC21. The van der Waals surface area contributed by atoms with Crippen LogP contribution in [0.1, 0.15) is 25.7 Å². The molecule has 0 spiro atoms. The standard InChI is InChI=1S/C9H15NO/c1-10-6-5-7-8(10)3-2-4-9(7)11/h7-8H,2-6H2,1H3. The minimum atomic E-state index is 0.397. The second-order valence-corrected chi connectivity index (χ2v) is 3.80. The predicted molar refractivity (Wildman–Crippen MR) is 43.4 cm³/mol. The predicted octanol–water partition coefficient (Wildman–Crippen LogP) is 1.06. The van der Waals surface area contributed by atoms with Crippen molar-refractivity contribution in [2.75, 3.05) is 13.6 Å². The third kappa shape index (κ3) is 1.09. The Morgan fingerprint density at radius 2 is 2.27 bits per heavy atom. The van der Waals surface area contributed by atoms with E-state index in [2.05, 4.69) is 11.9 Å². The van der Waals surface area contributed by atoms with Crippen LogP contribution in [0.3, 0.4) is 0 Å². The van der Waals surface area contributed by atoms with Crippen LogP contribution in [-0.4, -0.2) is 30.3 Å². The number of rotatable bonds is 0. The van der Waals surface area contributed by atoms with E-state index in [9.17, 15) is 4.79 Å². The monoisotopic (exact) mass is 153 g/mol. The second kappa shape index (κ2) is 2.59. The molecule has 1 aliphatic carbocycles. The van der Waals surface area contributed by atoms with Crippen LogP contribution in [0.4, 0.5) is 0 Å². The van der Waals surface area contributed by atoms with Crippen LogP contribution < -0.4 is 0 Å². The van der Waals surface area contributed by atoms with Crippen LogP contribution >= 0.6 is 0 Å². The number of hydrogen-bond donors (Lipinski definition) is 0. The number of fused-ring (bicyclic) bond motifs is 1. The first-order valence-electron chi connectivity index (χ1n) is 4.52. The molecule has 2 rings (SSSR count). The topological polar surface area (TPSA) is 20.3 Å². The summed E-state index contributed by atoms with van der Waals surface area (Å²) in [6.07, 6.45) is 4.31. The average Bonchev–Trinajstić information content (AvgIpc) is 2.35. The van der Waals surface area contributed by atoms with Crippen molar-refractivity contribution >= 4 is 5.78 Å². The first-order valence-corrected chi connectivity index (χ1v) is 4.52. The van der Waals surface area contributed by atoms with Gasteiger partial charge >= 0.3 is 0 Å². The first kappa shape index (κ1) is 7.29. The summed E-state index contributed by atoms with van der Waals surface area (Å²) in [5.74, 6) is 0.916. The fourth-order valence-electron chi connectivity index (χ4n) is 2.48. The minimum absolute atomic E-state index is 0.397. The number of carbonyl (C=O) groups is 1. The lowest BCUT2D eigenvalue weighted by Gasteiger charge is -2.27. The van der Waals surface area contributed by atoms with E-state index in [1.165, 1.54) is 6.42 Å². The molecule has 0 radical (unpaired) electrons. The third-order valence-corrected chi connectivity index (χ3v) is 3.16. The van der Waals surface area contributed by atoms with Crippen molar-refractivity contribution in [3.8, 4) is 0 Å². The molecule has 2 nitrogen and oxygen atoms in total. The van der Waals surface area contributed by atoms with Gasteiger partial charge in [0.2, 0.25) is 0 Å². The van der Waals surface area contributed by atoms with Crippen molar-refractivity contribution < 1.29 is 4.79 Å². The molecule has 2 atom stereocenters. The summed E-state index contributed by atoms with van der Waals surface area (Å²) in [6, 6.07) is 0.594. The van der Waals surface area contributed by atoms with E-state index < -0.39 is 0 Å². The van der Waals surface area contributed by atoms with Crippen LogP contribution in [0, 0.1) is 5.92 Å². The van der Waals surface area contributed by atoms with Gasteiger partial charge in [-0.1, -0.05) is 0 Å². The zero-order valence-electron chi connectivity index (χ0n) is 7.05. The molecule has 0 bridgehead atoms. The van der Waals surface area contributed by atoms with Gasteiger partial charge < -0.3 is 4.90 Å². The van der Waals surface area contributed by atoms with Gasteiger partial charge in [0.1, 0.15) is 5.78 Å². The lowest BCUT2D eigenvalue weighted by Crippen LogP contribution is -2.36. The maximum absolute atomic E-state index is 11.4. The smallest absolute Gasteiger partial charge is 0.137 e. The highest BCUT2D eigenvalue weighted by atomic mass is 16.1. The van der Waals surface area contributed by atoms with Crippen molar-refractivity contribution in [1.82, 2.24) is 4.90 Å². The van der Waals surface area contributed by atoms with Gasteiger partial charge in [0.25, 0.3) is 0 Å². The first-order chi connectivity index (χ1) is 5.29. The number of carbonyl (C=O) groups excluding carboxylic acids is 1. The molecule has 1 aliphatic heterocycles. The van der Waals surface area contributed by atoms with Gasteiger partial charge in [-0.15, -0.1) is 0 Å². The molecule has 1 heterocycles. The summed E-state index contributed by atoms with van der Waals surface area (Å²) in [5, 5.41) is 0. The van der Waals surface area contributed by atoms with Gasteiger partial charge in [0, 0.05) is 18.4 Å². The number of ketones is 1. The van der Waals surface area contributed by atoms with Crippen molar-refractivity contribution in [2.45, 2.75) is 31.7 Å². The van der Waals surface area contributed by atoms with Crippen molar-refractivity contribution in [3.63, 3.8) is 0 Å². The van der Waals surface area contributed by atoms with Crippen LogP contribution in [0.5, 0.6) is 0 Å². The van der Waals surface area contributed by atoms with Gasteiger partial charge in [-0.3, -0.25) is 4.79 Å². The van der Waals surface area contributed by atoms with E-state index in [0.717, 1.165) is 25.8 Å². The number of nitrogens with zero attached hydrogens (tertiary/aromatic N) is 1. The van der Waals surface area contributed by atoms with E-state index in [4.69, 9.17) is 0 Å². The number of hydrogen-bond acceptors (Lipinski definition) is 2. The molecule has 1 saturated carbocycles. The lowest BCUT2D eigenvalue weighted by atomic mass is 9.84. The molecular formula is C9H15NO. The largest absolute Gasteiger partial charge is 0.303 e. The van der Waals surface area contributed by atoms with Crippen LogP contribution in [-0.2, 0) is 4.79 Å². The van der Waals surface area contributed by atoms with E-state index in [1.54, 1.807) is 0 Å². The Labute approximate surface area is 67.6 Å². The highest BCUT2D eigenvalue weighted by Gasteiger charge is 2.38. The number of Topliss-reactive ketones (excluding diaryl/α,β-unsaturated/α-hetero) is 1. The van der Waals surface area contributed by atoms with E-state index >= 15 is 0 Å². The van der Waals surface area contributed by atoms with E-state index in [0.29, 0.717) is 17.7 Å². The molecule has 2 aliphatic rings. The molecule has 0 aromatic heterocycles. The van der Waals surface area contributed by atoms with Gasteiger partial charge in [-0.25, -0.2) is 0 Å². The van der Waals surface area contributed by atoms with Crippen molar-refractivity contribution in [3.05, 3.63) is 0 Å². The quantitative estimate of drug-likeness (QED) is 0.518. The Morgan fingerprint density at radius 1 is 1.45 bits per heavy atom. The third-order valence-electron chi connectivity index (χ3n) is 3.16. The van der Waals surface area contributed by atoms with Crippen molar-refractivity contribution in [1.29, 1.82) is 0 Å². The Hall–Kier alpha value is -0.370. The van der Waals surface area contributed by atoms with Gasteiger partial charge in [-0.2, -0.15) is 0 Å². The highest BCUT2D eigenvalue weighted by Crippen LogP contribution is 2.32. The van der Waals surface area contributed by atoms with E-state index in [-0.39, 0.29) is 0 Å². The molecule has 2 heteroatoms. The summed E-state index contributed by atoms with van der Waals surface area (Å²) < 4.78 is 0. The number of likely N-dealkylation sites (tertiary alicyclic amines) is 1. The van der Waals surface area contributed by atoms with Crippen LogP contribution in [0.15, 0.2) is 0 Å². The molecule has 0 amide bonds. The summed E-state index contributed by atoms with van der Waals surface area (Å²) in [7, 11) is 2.14. The van der Waals surface area contributed by atoms with Crippen LogP contribution in [0.2, 0.25) is 0 Å². The fourth-order valence-corrected chi connectivity index (χ4v) is 2.48. The van der Waals surface area contributed by atoms with Crippen LogP contribution in [0.25, 0.3) is 0 Å². The summed E-state index contributed by atoms with van der Waals surface area (Å²) in [5.41, 5.74) is 0. The summed E-state index contributed by atoms with van der Waals surface area (Å²) in [4.78, 5) is 13.7. The molecule has 0 N–H and O–H groups in total. The normalized spacial score (nSPS) is 39.2. The van der Waals surface area contributed by atoms with E-state index in [1.807, 2.05) is 0 Å². The molecule has 11 heavy (non-hydrogen) atoms. The average molecular weight is 153 g/mol. The molecular weight excluding hydrogens is 138 g/mol. The lowest BCUT2D eigenvalue weighted by molar-refractivity contribution is -0.125. The zero-order chi connectivity index (χ0) is 7.84. The Balaban J connectivity index is 2.13. The minimum Gasteiger partial charge on any atom is -0.303 e. The summed E-state index contributed by atoms with van der Waals surface area (Å²) >= 11 is 0. The van der Waals surface area contributed by atoms with Crippen molar-refractivity contribution in [2.24, 2.45) is 5.92 Å². The maximum Gasteiger partial charge on any atom is 0.137 e. The Kier molecular flexibility index (Phi) is 1.72. The molecule has 62 valence electrons. The molecule has 0 aromatic carbocycles. The molecule has 0 aromatic rings. The molecule has 2 fully saturated rings. The fraction of sp³-hybridized carbons (Fsp3) is 0.889. The maximum atomic E-state index is 11.4. The second-order valence-electron chi connectivity index (χ2n) is 3.80. The highest BCUT2D eigenvalue weighted by molar-refractivity contribution is 5.82. The molecule has 1 saturated heterocycles. The van der Waals surface area contributed by atoms with Gasteiger partial charge in [0.05, 0.1) is 0 Å². The van der Waals surface area contributed by atoms with Gasteiger partial charge in [-0.05, 0) is 32.9 Å².